The van der Waals surface area contributed by atoms with Crippen molar-refractivity contribution in [2.24, 2.45) is 0 Å². The molecule has 2 aromatic carbocycles. The molecule has 2 atom stereocenters. The van der Waals surface area contributed by atoms with Gasteiger partial charge in [0.15, 0.2) is 12.2 Å². The predicted molar refractivity (Wildman–Crippen MR) is 109 cm³/mol. The average molecular weight is 382 g/mol. The Balaban J connectivity index is 1.69. The van der Waals surface area contributed by atoms with Crippen LogP contribution in [-0.4, -0.2) is 24.0 Å². The van der Waals surface area contributed by atoms with Gasteiger partial charge in [-0.2, -0.15) is 0 Å². The number of carbonyl (C=O) groups is 2. The monoisotopic (exact) mass is 382 g/mol. The lowest BCUT2D eigenvalue weighted by molar-refractivity contribution is -0.123. The Hall–Kier alpha value is -3.02. The molecule has 6 nitrogen and oxygen atoms in total. The van der Waals surface area contributed by atoms with E-state index in [1.807, 2.05) is 19.1 Å². The summed E-state index contributed by atoms with van der Waals surface area (Å²) in [6.07, 6.45) is -1.21. The number of nitrogens with one attached hydrogen (secondary N) is 2. The van der Waals surface area contributed by atoms with Crippen molar-refractivity contribution in [1.82, 2.24) is 0 Å². The number of aryl methyl sites for hydroxylation is 1. The van der Waals surface area contributed by atoms with Crippen LogP contribution in [0.25, 0.3) is 0 Å². The zero-order valence-electron chi connectivity index (χ0n) is 16.8. The second-order valence-corrected chi connectivity index (χ2v) is 7.39. The zero-order chi connectivity index (χ0) is 20.4. The molecule has 2 aromatic rings. The Morgan fingerprint density at radius 3 is 2.64 bits per heavy atom. The van der Waals surface area contributed by atoms with E-state index in [0.29, 0.717) is 28.8 Å². The van der Waals surface area contributed by atoms with Crippen LogP contribution >= 0.6 is 0 Å². The Morgan fingerprint density at radius 2 is 1.93 bits per heavy atom. The number of amides is 2. The maximum absolute atomic E-state index is 12.6. The van der Waals surface area contributed by atoms with E-state index in [4.69, 9.17) is 9.47 Å². The topological polar surface area (TPSA) is 76.7 Å². The number of hydrogen-bond acceptors (Lipinski definition) is 4. The molecule has 0 saturated heterocycles. The fourth-order valence-electron chi connectivity index (χ4n) is 2.88. The minimum absolute atomic E-state index is 0.215. The summed E-state index contributed by atoms with van der Waals surface area (Å²) in [5, 5.41) is 5.59. The summed E-state index contributed by atoms with van der Waals surface area (Å²) in [7, 11) is 0. The first-order valence-corrected chi connectivity index (χ1v) is 9.44. The molecular weight excluding hydrogens is 356 g/mol. The molecule has 0 fully saturated rings. The Bertz CT molecular complexity index is 907. The van der Waals surface area contributed by atoms with Gasteiger partial charge in [-0.15, -0.1) is 0 Å². The summed E-state index contributed by atoms with van der Waals surface area (Å²) in [6, 6.07) is 11.2. The largest absolute Gasteiger partial charge is 0.481 e. The van der Waals surface area contributed by atoms with Crippen LogP contribution in [0.2, 0.25) is 0 Å². The van der Waals surface area contributed by atoms with Crippen LogP contribution in [0, 0.1) is 6.92 Å². The van der Waals surface area contributed by atoms with Crippen molar-refractivity contribution in [3.05, 3.63) is 47.5 Å². The number of carbonyl (C=O) groups excluding carboxylic acids is 2. The normalized spacial score (nSPS) is 16.6. The first-order chi connectivity index (χ1) is 13.2. The van der Waals surface area contributed by atoms with E-state index >= 15 is 0 Å². The van der Waals surface area contributed by atoms with Gasteiger partial charge in [-0.25, -0.2) is 0 Å². The lowest BCUT2D eigenvalue weighted by Gasteiger charge is -2.24. The van der Waals surface area contributed by atoms with Crippen molar-refractivity contribution in [1.29, 1.82) is 0 Å². The SMILES string of the molecule is Cc1ccc(C(C)C)cc1O[C@@H](C)C(=O)Nc1ccc2c(c1)NC(=O)[C@@H](C)O2. The van der Waals surface area contributed by atoms with Crippen LogP contribution in [0.15, 0.2) is 36.4 Å². The molecule has 0 radical (unpaired) electrons. The molecular formula is C22H26N2O4. The number of fused-ring (bicyclic) bond motifs is 1. The maximum Gasteiger partial charge on any atom is 0.265 e. The molecule has 0 saturated carbocycles. The van der Waals surface area contributed by atoms with Crippen LogP contribution in [0.4, 0.5) is 11.4 Å². The highest BCUT2D eigenvalue weighted by Crippen LogP contribution is 2.32. The van der Waals surface area contributed by atoms with Crippen molar-refractivity contribution >= 4 is 23.2 Å². The van der Waals surface area contributed by atoms with Crippen molar-refractivity contribution in [3.63, 3.8) is 0 Å². The van der Waals surface area contributed by atoms with E-state index in [2.05, 4.69) is 30.5 Å². The smallest absolute Gasteiger partial charge is 0.265 e. The van der Waals surface area contributed by atoms with Gasteiger partial charge in [-0.3, -0.25) is 9.59 Å². The molecule has 0 aromatic heterocycles. The van der Waals surface area contributed by atoms with Gasteiger partial charge in [0.25, 0.3) is 11.8 Å². The fourth-order valence-corrected chi connectivity index (χ4v) is 2.88. The Labute approximate surface area is 165 Å². The van der Waals surface area contributed by atoms with Gasteiger partial charge in [-0.05, 0) is 62.1 Å². The second kappa shape index (κ2) is 7.92. The van der Waals surface area contributed by atoms with Gasteiger partial charge in [0, 0.05) is 5.69 Å². The summed E-state index contributed by atoms with van der Waals surface area (Å²) in [6.45, 7) is 9.58. The molecule has 2 amide bonds. The van der Waals surface area contributed by atoms with Gasteiger partial charge in [0.2, 0.25) is 0 Å². The Kier molecular flexibility index (Phi) is 5.58. The van der Waals surface area contributed by atoms with Gasteiger partial charge in [0.05, 0.1) is 5.69 Å². The molecule has 6 heteroatoms. The van der Waals surface area contributed by atoms with E-state index in [0.717, 1.165) is 11.1 Å². The van der Waals surface area contributed by atoms with E-state index in [1.54, 1.807) is 32.0 Å². The summed E-state index contributed by atoms with van der Waals surface area (Å²) in [5.74, 6) is 1.17. The number of anilines is 2. The standard InChI is InChI=1S/C22H26N2O4/c1-12(2)16-7-6-13(3)20(10-16)28-14(4)21(25)23-17-8-9-19-18(11-17)24-22(26)15(5)27-19/h6-12,14-15H,1-5H3,(H,23,25)(H,24,26)/t14-,15+/m0/s1. The van der Waals surface area contributed by atoms with Crippen LogP contribution < -0.4 is 20.1 Å². The molecule has 148 valence electrons. The highest BCUT2D eigenvalue weighted by atomic mass is 16.5. The van der Waals surface area contributed by atoms with E-state index in [-0.39, 0.29) is 11.8 Å². The number of ether oxygens (including phenoxy) is 2. The first kappa shape index (κ1) is 19.7. The van der Waals surface area contributed by atoms with Crippen LogP contribution in [0.1, 0.15) is 44.7 Å². The highest BCUT2D eigenvalue weighted by molar-refractivity contribution is 5.99. The maximum atomic E-state index is 12.6. The number of benzene rings is 2. The van der Waals surface area contributed by atoms with E-state index < -0.39 is 12.2 Å². The average Bonchev–Trinajstić information content (AvgIpc) is 2.64. The quantitative estimate of drug-likeness (QED) is 0.811. The minimum atomic E-state index is -0.678. The molecule has 2 N–H and O–H groups in total. The first-order valence-electron chi connectivity index (χ1n) is 9.44. The lowest BCUT2D eigenvalue weighted by atomic mass is 10.0. The lowest BCUT2D eigenvalue weighted by Crippen LogP contribution is -2.34. The van der Waals surface area contributed by atoms with E-state index in [1.165, 1.54) is 0 Å². The number of rotatable bonds is 5. The van der Waals surface area contributed by atoms with Crippen LogP contribution in [-0.2, 0) is 9.59 Å². The van der Waals surface area contributed by atoms with Crippen molar-refractivity contribution in [2.45, 2.75) is 52.7 Å². The molecule has 1 aliphatic heterocycles. The molecule has 1 aliphatic rings. The summed E-state index contributed by atoms with van der Waals surface area (Å²) in [5.41, 5.74) is 3.24. The van der Waals surface area contributed by atoms with E-state index in [9.17, 15) is 9.59 Å². The second-order valence-electron chi connectivity index (χ2n) is 7.39. The molecule has 3 rings (SSSR count). The van der Waals surface area contributed by atoms with Gasteiger partial charge < -0.3 is 20.1 Å². The molecule has 0 aliphatic carbocycles. The summed E-state index contributed by atoms with van der Waals surface area (Å²) < 4.78 is 11.4. The van der Waals surface area contributed by atoms with Crippen molar-refractivity contribution in [2.75, 3.05) is 10.6 Å². The third kappa shape index (κ3) is 4.27. The molecule has 0 unspecified atom stereocenters. The molecule has 0 spiro atoms. The summed E-state index contributed by atoms with van der Waals surface area (Å²) in [4.78, 5) is 24.3. The summed E-state index contributed by atoms with van der Waals surface area (Å²) >= 11 is 0. The van der Waals surface area contributed by atoms with Gasteiger partial charge in [-0.1, -0.05) is 26.0 Å². The van der Waals surface area contributed by atoms with Crippen molar-refractivity contribution in [3.8, 4) is 11.5 Å². The third-order valence-electron chi connectivity index (χ3n) is 4.73. The fraction of sp³-hybridized carbons (Fsp3) is 0.364. The highest BCUT2D eigenvalue weighted by Gasteiger charge is 2.24. The number of hydrogen-bond donors (Lipinski definition) is 2. The minimum Gasteiger partial charge on any atom is -0.481 e. The van der Waals surface area contributed by atoms with Crippen molar-refractivity contribution < 1.29 is 19.1 Å². The van der Waals surface area contributed by atoms with Gasteiger partial charge >= 0.3 is 0 Å². The van der Waals surface area contributed by atoms with Crippen LogP contribution in [0.3, 0.4) is 0 Å². The van der Waals surface area contributed by atoms with Crippen LogP contribution in [0.5, 0.6) is 11.5 Å². The predicted octanol–water partition coefficient (Wildman–Crippen LogP) is 4.24. The molecule has 0 bridgehead atoms. The van der Waals surface area contributed by atoms with Gasteiger partial charge in [0.1, 0.15) is 11.5 Å². The zero-order valence-corrected chi connectivity index (χ0v) is 16.8. The third-order valence-corrected chi connectivity index (χ3v) is 4.73. The Morgan fingerprint density at radius 1 is 1.18 bits per heavy atom. The molecule has 1 heterocycles. The molecule has 28 heavy (non-hydrogen) atoms.